The summed E-state index contributed by atoms with van der Waals surface area (Å²) in [6.07, 6.45) is 3.00. The molecule has 16 heavy (non-hydrogen) atoms. The van der Waals surface area contributed by atoms with Crippen molar-refractivity contribution in [3.05, 3.63) is 0 Å². The molecule has 0 aliphatic carbocycles. The van der Waals surface area contributed by atoms with Crippen molar-refractivity contribution >= 4 is 5.78 Å². The lowest BCUT2D eigenvalue weighted by Gasteiger charge is -2.31. The van der Waals surface area contributed by atoms with E-state index >= 15 is 0 Å². The third kappa shape index (κ3) is 3.03. The molecular formula is C12H21NO3. The normalized spacial score (nSPS) is 27.5. The largest absolute Gasteiger partial charge is 0.381 e. The van der Waals surface area contributed by atoms with Crippen molar-refractivity contribution in [2.45, 2.75) is 25.3 Å². The van der Waals surface area contributed by atoms with Crippen molar-refractivity contribution in [3.63, 3.8) is 0 Å². The predicted octanol–water partition coefficient (Wildman–Crippen LogP) is 0.703. The molecule has 0 radical (unpaired) electrons. The van der Waals surface area contributed by atoms with Gasteiger partial charge in [-0.15, -0.1) is 0 Å². The number of Topliss-reactive ketones (excluding diaryl/α,β-unsaturated/α-hetero) is 1. The summed E-state index contributed by atoms with van der Waals surface area (Å²) < 4.78 is 10.6. The minimum Gasteiger partial charge on any atom is -0.381 e. The van der Waals surface area contributed by atoms with Gasteiger partial charge in [0, 0.05) is 31.8 Å². The fourth-order valence-electron chi connectivity index (χ4n) is 2.42. The number of likely N-dealkylation sites (N-methyl/N-ethyl adjacent to an activating group) is 1. The number of carbonyl (C=O) groups is 1. The maximum absolute atomic E-state index is 11.9. The molecule has 1 unspecified atom stereocenters. The molecule has 4 heteroatoms. The molecule has 2 aliphatic heterocycles. The molecule has 0 aromatic rings. The minimum absolute atomic E-state index is 0.141. The summed E-state index contributed by atoms with van der Waals surface area (Å²) in [5.41, 5.74) is 0. The maximum Gasteiger partial charge on any atom is 0.152 e. The Morgan fingerprint density at radius 2 is 1.88 bits per heavy atom. The van der Waals surface area contributed by atoms with E-state index in [1.165, 1.54) is 0 Å². The van der Waals surface area contributed by atoms with Crippen LogP contribution in [0.2, 0.25) is 0 Å². The molecule has 2 aliphatic rings. The van der Waals surface area contributed by atoms with Gasteiger partial charge in [0.1, 0.15) is 0 Å². The summed E-state index contributed by atoms with van der Waals surface area (Å²) >= 11 is 0. The van der Waals surface area contributed by atoms with Crippen molar-refractivity contribution < 1.29 is 14.3 Å². The van der Waals surface area contributed by atoms with E-state index in [1.54, 1.807) is 0 Å². The SMILES string of the molecule is CN(CC(=O)C1CCOC1)C1CCOCC1. The van der Waals surface area contributed by atoms with Crippen LogP contribution in [0.25, 0.3) is 0 Å². The van der Waals surface area contributed by atoms with Crippen molar-refractivity contribution in [1.29, 1.82) is 0 Å². The molecule has 2 rings (SSSR count). The van der Waals surface area contributed by atoms with Gasteiger partial charge in [0.15, 0.2) is 5.78 Å². The molecule has 0 amide bonds. The summed E-state index contributed by atoms with van der Waals surface area (Å²) in [6, 6.07) is 0.514. The van der Waals surface area contributed by atoms with E-state index in [0.717, 1.165) is 39.1 Å². The Morgan fingerprint density at radius 1 is 1.19 bits per heavy atom. The lowest BCUT2D eigenvalue weighted by atomic mass is 10.0. The van der Waals surface area contributed by atoms with E-state index in [9.17, 15) is 4.79 Å². The third-order valence-corrected chi connectivity index (χ3v) is 3.60. The highest BCUT2D eigenvalue weighted by atomic mass is 16.5. The van der Waals surface area contributed by atoms with E-state index in [1.807, 2.05) is 7.05 Å². The van der Waals surface area contributed by atoms with E-state index < -0.39 is 0 Å². The van der Waals surface area contributed by atoms with Gasteiger partial charge in [-0.25, -0.2) is 0 Å². The minimum atomic E-state index is 0.141. The Balaban J connectivity index is 1.76. The molecule has 0 N–H and O–H groups in total. The second-order valence-corrected chi connectivity index (χ2v) is 4.79. The Bertz CT molecular complexity index is 232. The van der Waals surface area contributed by atoms with Crippen LogP contribution in [0.5, 0.6) is 0 Å². The number of rotatable bonds is 4. The average Bonchev–Trinajstić information content (AvgIpc) is 2.83. The summed E-state index contributed by atoms with van der Waals surface area (Å²) in [5.74, 6) is 0.480. The Hall–Kier alpha value is -0.450. The van der Waals surface area contributed by atoms with Gasteiger partial charge in [0.2, 0.25) is 0 Å². The molecule has 1 atom stereocenters. The van der Waals surface area contributed by atoms with E-state index in [4.69, 9.17) is 9.47 Å². The molecule has 2 saturated heterocycles. The van der Waals surface area contributed by atoms with Crippen molar-refractivity contribution in [2.24, 2.45) is 5.92 Å². The second kappa shape index (κ2) is 5.75. The van der Waals surface area contributed by atoms with Crippen molar-refractivity contribution in [1.82, 2.24) is 4.90 Å². The number of ether oxygens (including phenoxy) is 2. The number of hydrogen-bond donors (Lipinski definition) is 0. The summed E-state index contributed by atoms with van der Waals surface area (Å²) in [5, 5.41) is 0. The first-order valence-electron chi connectivity index (χ1n) is 6.16. The highest BCUT2D eigenvalue weighted by molar-refractivity contribution is 5.83. The van der Waals surface area contributed by atoms with Crippen LogP contribution >= 0.6 is 0 Å². The number of carbonyl (C=O) groups excluding carboxylic acids is 1. The maximum atomic E-state index is 11.9. The topological polar surface area (TPSA) is 38.8 Å². The predicted molar refractivity (Wildman–Crippen MR) is 60.4 cm³/mol. The van der Waals surface area contributed by atoms with Crippen LogP contribution in [-0.2, 0) is 14.3 Å². The zero-order valence-corrected chi connectivity index (χ0v) is 9.98. The molecule has 0 spiro atoms. The van der Waals surface area contributed by atoms with Crippen LogP contribution in [-0.4, -0.2) is 56.7 Å². The fraction of sp³-hybridized carbons (Fsp3) is 0.917. The van der Waals surface area contributed by atoms with Gasteiger partial charge in [-0.3, -0.25) is 9.69 Å². The van der Waals surface area contributed by atoms with Gasteiger partial charge in [0.25, 0.3) is 0 Å². The number of nitrogens with zero attached hydrogens (tertiary/aromatic N) is 1. The van der Waals surface area contributed by atoms with Crippen LogP contribution in [0.3, 0.4) is 0 Å². The first-order chi connectivity index (χ1) is 7.77. The zero-order chi connectivity index (χ0) is 11.4. The fourth-order valence-corrected chi connectivity index (χ4v) is 2.42. The molecule has 0 saturated carbocycles. The van der Waals surface area contributed by atoms with E-state index in [-0.39, 0.29) is 5.92 Å². The summed E-state index contributed by atoms with van der Waals surface area (Å²) in [7, 11) is 2.05. The first-order valence-corrected chi connectivity index (χ1v) is 6.16. The quantitative estimate of drug-likeness (QED) is 0.709. The Kier molecular flexibility index (Phi) is 4.32. The van der Waals surface area contributed by atoms with Crippen molar-refractivity contribution in [2.75, 3.05) is 40.0 Å². The lowest BCUT2D eigenvalue weighted by Crippen LogP contribution is -2.41. The van der Waals surface area contributed by atoms with Crippen LogP contribution in [0.4, 0.5) is 0 Å². The monoisotopic (exact) mass is 227 g/mol. The van der Waals surface area contributed by atoms with Crippen LogP contribution in [0.15, 0.2) is 0 Å². The van der Waals surface area contributed by atoms with Gasteiger partial charge < -0.3 is 9.47 Å². The molecular weight excluding hydrogens is 206 g/mol. The van der Waals surface area contributed by atoms with E-state index in [0.29, 0.717) is 25.0 Å². The van der Waals surface area contributed by atoms with Gasteiger partial charge in [0.05, 0.1) is 13.2 Å². The van der Waals surface area contributed by atoms with Crippen LogP contribution in [0, 0.1) is 5.92 Å². The highest BCUT2D eigenvalue weighted by Crippen LogP contribution is 2.17. The zero-order valence-electron chi connectivity index (χ0n) is 9.98. The molecule has 92 valence electrons. The van der Waals surface area contributed by atoms with Gasteiger partial charge in [-0.2, -0.15) is 0 Å². The van der Waals surface area contributed by atoms with Crippen molar-refractivity contribution in [3.8, 4) is 0 Å². The average molecular weight is 227 g/mol. The highest BCUT2D eigenvalue weighted by Gasteiger charge is 2.26. The third-order valence-electron chi connectivity index (χ3n) is 3.60. The molecule has 0 aromatic carbocycles. The van der Waals surface area contributed by atoms with Gasteiger partial charge in [-0.1, -0.05) is 0 Å². The number of ketones is 1. The Labute approximate surface area is 96.9 Å². The molecule has 2 heterocycles. The molecule has 0 aromatic heterocycles. The smallest absolute Gasteiger partial charge is 0.152 e. The Morgan fingerprint density at radius 3 is 2.50 bits per heavy atom. The van der Waals surface area contributed by atoms with Gasteiger partial charge >= 0.3 is 0 Å². The van der Waals surface area contributed by atoms with Gasteiger partial charge in [-0.05, 0) is 26.3 Å². The summed E-state index contributed by atoms with van der Waals surface area (Å²) in [4.78, 5) is 14.1. The molecule has 2 fully saturated rings. The molecule has 0 bridgehead atoms. The standard InChI is InChI=1S/C12H21NO3/c1-13(11-3-6-15-7-4-11)8-12(14)10-2-5-16-9-10/h10-11H,2-9H2,1H3. The van der Waals surface area contributed by atoms with Crippen LogP contribution < -0.4 is 0 Å². The summed E-state index contributed by atoms with van der Waals surface area (Å²) in [6.45, 7) is 3.60. The van der Waals surface area contributed by atoms with E-state index in [2.05, 4.69) is 4.90 Å². The number of hydrogen-bond acceptors (Lipinski definition) is 4. The second-order valence-electron chi connectivity index (χ2n) is 4.79. The first kappa shape index (κ1) is 12.0. The van der Waals surface area contributed by atoms with Crippen LogP contribution in [0.1, 0.15) is 19.3 Å². The molecule has 4 nitrogen and oxygen atoms in total. The lowest BCUT2D eigenvalue weighted by molar-refractivity contribution is -0.124.